The number of aryl methyl sites for hydroxylation is 1. The second-order valence-corrected chi connectivity index (χ2v) is 6.45. The van der Waals surface area contributed by atoms with Crippen LogP contribution in [0.25, 0.3) is 0 Å². The molecule has 24 heavy (non-hydrogen) atoms. The summed E-state index contributed by atoms with van der Waals surface area (Å²) in [7, 11) is 0. The predicted octanol–water partition coefficient (Wildman–Crippen LogP) is 3.60. The van der Waals surface area contributed by atoms with Crippen LogP contribution in [0.15, 0.2) is 54.6 Å². The first kappa shape index (κ1) is 18.0. The van der Waals surface area contributed by atoms with Crippen LogP contribution in [0.5, 0.6) is 0 Å². The van der Waals surface area contributed by atoms with Crippen molar-refractivity contribution in [2.45, 2.75) is 45.4 Å². The topological polar surface area (TPSA) is 58.6 Å². The summed E-state index contributed by atoms with van der Waals surface area (Å²) < 4.78 is 5.20. The number of amides is 1. The molecule has 2 unspecified atom stereocenters. The number of hydrogen-bond acceptors (Lipinski definition) is 3. The Morgan fingerprint density at radius 3 is 2.50 bits per heavy atom. The Labute approximate surface area is 143 Å². The Balaban J connectivity index is 1.87. The molecule has 1 amide bonds. The van der Waals surface area contributed by atoms with E-state index in [1.54, 1.807) is 13.8 Å². The first-order valence-corrected chi connectivity index (χ1v) is 8.12. The van der Waals surface area contributed by atoms with Gasteiger partial charge in [-0.15, -0.1) is 0 Å². The van der Waals surface area contributed by atoms with E-state index in [0.717, 1.165) is 16.7 Å². The molecule has 2 N–H and O–H groups in total. The molecule has 4 heteroatoms. The molecule has 0 saturated carbocycles. The van der Waals surface area contributed by atoms with E-state index >= 15 is 0 Å². The van der Waals surface area contributed by atoms with E-state index < -0.39 is 17.7 Å². The van der Waals surface area contributed by atoms with Crippen LogP contribution in [-0.2, 0) is 17.8 Å². The van der Waals surface area contributed by atoms with Crippen LogP contribution in [-0.4, -0.2) is 22.8 Å². The van der Waals surface area contributed by atoms with Gasteiger partial charge in [-0.25, -0.2) is 4.79 Å². The lowest BCUT2D eigenvalue weighted by Gasteiger charge is -2.31. The molecule has 2 rings (SSSR count). The number of ether oxygens (including phenoxy) is 1. The van der Waals surface area contributed by atoms with Gasteiger partial charge in [-0.2, -0.15) is 0 Å². The molecule has 128 valence electrons. The fourth-order valence-electron chi connectivity index (χ4n) is 2.49. The number of carbonyl (C=O) groups is 1. The minimum atomic E-state index is -1.07. The molecule has 2 atom stereocenters. The van der Waals surface area contributed by atoms with Gasteiger partial charge in [-0.3, -0.25) is 0 Å². The normalized spacial score (nSPS) is 14.5. The van der Waals surface area contributed by atoms with Gasteiger partial charge in [0.25, 0.3) is 0 Å². The number of carbonyl (C=O) groups excluding carboxylic acids is 1. The van der Waals surface area contributed by atoms with Gasteiger partial charge in [0.05, 0.1) is 11.6 Å². The fraction of sp³-hybridized carbons (Fsp3) is 0.350. The molecule has 0 aliphatic carbocycles. The SMILES string of the molecule is Cc1cccc(CC(C)(O)C(C)NC(=O)OCc2ccccc2)c1. The molecular formula is C20H25NO3. The highest BCUT2D eigenvalue weighted by atomic mass is 16.5. The maximum Gasteiger partial charge on any atom is 0.407 e. The third-order valence-electron chi connectivity index (χ3n) is 4.12. The molecule has 4 nitrogen and oxygen atoms in total. The minimum absolute atomic E-state index is 0.208. The summed E-state index contributed by atoms with van der Waals surface area (Å²) in [6.45, 7) is 5.72. The largest absolute Gasteiger partial charge is 0.445 e. The highest BCUT2D eigenvalue weighted by Gasteiger charge is 2.30. The van der Waals surface area contributed by atoms with Crippen LogP contribution < -0.4 is 5.32 Å². The maximum absolute atomic E-state index is 11.9. The van der Waals surface area contributed by atoms with Crippen molar-refractivity contribution in [3.8, 4) is 0 Å². The first-order chi connectivity index (χ1) is 11.4. The summed E-state index contributed by atoms with van der Waals surface area (Å²) >= 11 is 0. The van der Waals surface area contributed by atoms with E-state index in [0.29, 0.717) is 6.42 Å². The van der Waals surface area contributed by atoms with E-state index in [1.807, 2.05) is 61.5 Å². The van der Waals surface area contributed by atoms with Gasteiger partial charge in [-0.1, -0.05) is 60.2 Å². The van der Waals surface area contributed by atoms with Gasteiger partial charge in [0, 0.05) is 6.42 Å². The zero-order valence-electron chi connectivity index (χ0n) is 14.5. The van der Waals surface area contributed by atoms with E-state index in [2.05, 4.69) is 5.32 Å². The molecule has 0 radical (unpaired) electrons. The number of rotatable bonds is 6. The van der Waals surface area contributed by atoms with Crippen molar-refractivity contribution in [1.82, 2.24) is 5.32 Å². The summed E-state index contributed by atoms with van der Waals surface area (Å²) in [6.07, 6.45) is -0.0784. The second-order valence-electron chi connectivity index (χ2n) is 6.45. The first-order valence-electron chi connectivity index (χ1n) is 8.12. The van der Waals surface area contributed by atoms with Crippen molar-refractivity contribution >= 4 is 6.09 Å². The minimum Gasteiger partial charge on any atom is -0.445 e. The Morgan fingerprint density at radius 1 is 1.17 bits per heavy atom. The Morgan fingerprint density at radius 2 is 1.83 bits per heavy atom. The van der Waals surface area contributed by atoms with E-state index in [1.165, 1.54) is 0 Å². The van der Waals surface area contributed by atoms with Crippen LogP contribution in [0.1, 0.15) is 30.5 Å². The number of aliphatic hydroxyl groups is 1. The third kappa shape index (κ3) is 5.39. The second kappa shape index (κ2) is 7.97. The molecule has 0 heterocycles. The van der Waals surface area contributed by atoms with E-state index in [9.17, 15) is 9.90 Å². The highest BCUT2D eigenvalue weighted by molar-refractivity contribution is 5.67. The molecule has 0 saturated heterocycles. The number of nitrogens with one attached hydrogen (secondary N) is 1. The van der Waals surface area contributed by atoms with E-state index in [4.69, 9.17) is 4.74 Å². The number of alkyl carbamates (subject to hydrolysis) is 1. The Kier molecular flexibility index (Phi) is 5.99. The molecule has 0 aliphatic rings. The summed E-state index contributed by atoms with van der Waals surface area (Å²) in [4.78, 5) is 11.9. The van der Waals surface area contributed by atoms with Gasteiger partial charge in [0.2, 0.25) is 0 Å². The monoisotopic (exact) mass is 327 g/mol. The average molecular weight is 327 g/mol. The quantitative estimate of drug-likeness (QED) is 0.852. The van der Waals surface area contributed by atoms with Crippen molar-refractivity contribution in [2.24, 2.45) is 0 Å². The van der Waals surface area contributed by atoms with Crippen LogP contribution >= 0.6 is 0 Å². The highest BCUT2D eigenvalue weighted by Crippen LogP contribution is 2.18. The zero-order chi connectivity index (χ0) is 17.6. The van der Waals surface area contributed by atoms with Gasteiger partial charge in [0.15, 0.2) is 0 Å². The Bertz CT molecular complexity index is 668. The molecule has 2 aromatic carbocycles. The lowest BCUT2D eigenvalue weighted by Crippen LogP contribution is -2.50. The predicted molar refractivity (Wildman–Crippen MR) is 94.7 cm³/mol. The lowest BCUT2D eigenvalue weighted by molar-refractivity contribution is 0.0232. The molecule has 0 bridgehead atoms. The summed E-state index contributed by atoms with van der Waals surface area (Å²) in [5.41, 5.74) is 2.03. The lowest BCUT2D eigenvalue weighted by atomic mass is 9.89. The van der Waals surface area contributed by atoms with Gasteiger partial charge in [-0.05, 0) is 31.9 Å². The molecule has 0 aromatic heterocycles. The third-order valence-corrected chi connectivity index (χ3v) is 4.12. The number of hydrogen-bond donors (Lipinski definition) is 2. The van der Waals surface area contributed by atoms with E-state index in [-0.39, 0.29) is 6.61 Å². The molecule has 0 spiro atoms. The van der Waals surface area contributed by atoms with Crippen molar-refractivity contribution in [3.05, 3.63) is 71.3 Å². The van der Waals surface area contributed by atoms with Crippen LogP contribution in [0.3, 0.4) is 0 Å². The summed E-state index contributed by atoms with van der Waals surface area (Å²) in [5.74, 6) is 0. The molecule has 0 fully saturated rings. The van der Waals surface area contributed by atoms with Crippen molar-refractivity contribution in [3.63, 3.8) is 0 Å². The Hall–Kier alpha value is -2.33. The van der Waals surface area contributed by atoms with Crippen LogP contribution in [0.2, 0.25) is 0 Å². The molecule has 0 aliphatic heterocycles. The van der Waals surface area contributed by atoms with Crippen LogP contribution in [0, 0.1) is 6.92 Å². The van der Waals surface area contributed by atoms with Gasteiger partial charge < -0.3 is 15.2 Å². The maximum atomic E-state index is 11.9. The molecular weight excluding hydrogens is 302 g/mol. The van der Waals surface area contributed by atoms with Crippen molar-refractivity contribution < 1.29 is 14.6 Å². The molecule has 2 aromatic rings. The smallest absolute Gasteiger partial charge is 0.407 e. The van der Waals surface area contributed by atoms with Gasteiger partial charge in [0.1, 0.15) is 6.61 Å². The summed E-state index contributed by atoms with van der Waals surface area (Å²) in [5, 5.41) is 13.4. The summed E-state index contributed by atoms with van der Waals surface area (Å²) in [6, 6.07) is 17.0. The zero-order valence-corrected chi connectivity index (χ0v) is 14.5. The fourth-order valence-corrected chi connectivity index (χ4v) is 2.49. The number of benzene rings is 2. The van der Waals surface area contributed by atoms with Gasteiger partial charge >= 0.3 is 6.09 Å². The van der Waals surface area contributed by atoms with Crippen LogP contribution in [0.4, 0.5) is 4.79 Å². The van der Waals surface area contributed by atoms with Crippen molar-refractivity contribution in [2.75, 3.05) is 0 Å². The standard InChI is InChI=1S/C20H25NO3/c1-15-8-7-11-18(12-15)13-20(3,23)16(2)21-19(22)24-14-17-9-5-4-6-10-17/h4-12,16,23H,13-14H2,1-3H3,(H,21,22). The van der Waals surface area contributed by atoms with Crippen molar-refractivity contribution in [1.29, 1.82) is 0 Å². The average Bonchev–Trinajstić information content (AvgIpc) is 2.53.